The van der Waals surface area contributed by atoms with Crippen molar-refractivity contribution in [3.8, 4) is 0 Å². The number of amides is 1. The minimum atomic E-state index is -0.461. The fraction of sp³-hybridized carbons (Fsp3) is 0.909. The van der Waals surface area contributed by atoms with Crippen molar-refractivity contribution in [2.75, 3.05) is 6.61 Å². The summed E-state index contributed by atoms with van der Waals surface area (Å²) in [7, 11) is 0. The van der Waals surface area contributed by atoms with Crippen LogP contribution in [0.4, 0.5) is 4.79 Å². The van der Waals surface area contributed by atoms with Crippen molar-refractivity contribution in [1.29, 1.82) is 0 Å². The fourth-order valence-corrected chi connectivity index (χ4v) is 1.11. The third-order valence-corrected chi connectivity index (χ3v) is 1.83. The lowest BCUT2D eigenvalue weighted by Gasteiger charge is -2.22. The minimum Gasteiger partial charge on any atom is -0.444 e. The molecule has 15 heavy (non-hydrogen) atoms. The highest BCUT2D eigenvalue weighted by Gasteiger charge is 2.18. The molecule has 0 aliphatic heterocycles. The molecule has 0 aromatic heterocycles. The summed E-state index contributed by atoms with van der Waals surface area (Å²) in [4.78, 5) is 11.3. The predicted octanol–water partition coefficient (Wildman–Crippen LogP) is 2.06. The van der Waals surface area contributed by atoms with E-state index in [9.17, 15) is 4.79 Å². The Morgan fingerprint density at radius 1 is 1.47 bits per heavy atom. The number of carbonyl (C=O) groups is 1. The molecule has 0 radical (unpaired) electrons. The summed E-state index contributed by atoms with van der Waals surface area (Å²) in [6.45, 7) is 7.60. The molecule has 0 heterocycles. The first kappa shape index (κ1) is 14.2. The highest BCUT2D eigenvalue weighted by molar-refractivity contribution is 5.68. The zero-order valence-electron chi connectivity index (χ0n) is 10.2. The molecule has 0 bridgehead atoms. The number of alkyl carbamates (subject to hydrolysis) is 1. The Bertz CT molecular complexity index is 187. The van der Waals surface area contributed by atoms with Gasteiger partial charge < -0.3 is 15.2 Å². The van der Waals surface area contributed by atoms with Gasteiger partial charge in [-0.1, -0.05) is 13.3 Å². The third-order valence-electron chi connectivity index (χ3n) is 1.83. The van der Waals surface area contributed by atoms with Gasteiger partial charge in [0.2, 0.25) is 0 Å². The van der Waals surface area contributed by atoms with Crippen LogP contribution in [0.2, 0.25) is 0 Å². The second kappa shape index (κ2) is 6.67. The van der Waals surface area contributed by atoms with E-state index in [0.29, 0.717) is 6.42 Å². The number of rotatable bonds is 5. The molecule has 0 rings (SSSR count). The molecule has 0 aliphatic rings. The Hall–Kier alpha value is -0.770. The third kappa shape index (κ3) is 8.24. The van der Waals surface area contributed by atoms with Crippen LogP contribution in [0.25, 0.3) is 0 Å². The summed E-state index contributed by atoms with van der Waals surface area (Å²) in [5, 5.41) is 11.7. The Morgan fingerprint density at radius 3 is 2.47 bits per heavy atom. The molecule has 0 aromatic rings. The van der Waals surface area contributed by atoms with E-state index < -0.39 is 6.09 Å². The van der Waals surface area contributed by atoms with E-state index >= 15 is 0 Å². The van der Waals surface area contributed by atoms with E-state index in [0.717, 1.165) is 12.8 Å². The molecule has 0 saturated heterocycles. The van der Waals surface area contributed by atoms with Crippen LogP contribution in [0.15, 0.2) is 0 Å². The molecule has 4 heteroatoms. The number of unbranched alkanes of at least 4 members (excludes halogenated alkanes) is 1. The second-order valence-electron chi connectivity index (χ2n) is 4.73. The number of aliphatic hydroxyl groups is 1. The maximum Gasteiger partial charge on any atom is 0.407 e. The Labute approximate surface area is 92.0 Å². The van der Waals surface area contributed by atoms with Crippen molar-refractivity contribution in [2.24, 2.45) is 0 Å². The normalized spacial score (nSPS) is 13.4. The van der Waals surface area contributed by atoms with Crippen molar-refractivity contribution >= 4 is 6.09 Å². The Balaban J connectivity index is 3.91. The zero-order valence-corrected chi connectivity index (χ0v) is 10.2. The van der Waals surface area contributed by atoms with Crippen LogP contribution in [0.5, 0.6) is 0 Å². The van der Waals surface area contributed by atoms with Gasteiger partial charge in [-0.25, -0.2) is 4.79 Å². The molecule has 1 amide bonds. The zero-order chi connectivity index (χ0) is 11.9. The van der Waals surface area contributed by atoms with Gasteiger partial charge in [-0.3, -0.25) is 0 Å². The lowest BCUT2D eigenvalue weighted by molar-refractivity contribution is 0.0477. The minimum absolute atomic E-state index is 0.114. The number of ether oxygens (including phenoxy) is 1. The van der Waals surface area contributed by atoms with E-state index in [1.165, 1.54) is 0 Å². The van der Waals surface area contributed by atoms with E-state index in [-0.39, 0.29) is 18.2 Å². The highest BCUT2D eigenvalue weighted by Crippen LogP contribution is 2.06. The maximum absolute atomic E-state index is 11.3. The van der Waals surface area contributed by atoms with E-state index in [1.807, 2.05) is 20.8 Å². The summed E-state index contributed by atoms with van der Waals surface area (Å²) in [6, 6.07) is 0. The molecule has 1 atom stereocenters. The molecule has 0 unspecified atom stereocenters. The second-order valence-corrected chi connectivity index (χ2v) is 4.73. The SMILES string of the molecule is CCCC[C@H](CO)OC(=O)NC(C)(C)C. The van der Waals surface area contributed by atoms with Crippen LogP contribution in [0, 0.1) is 0 Å². The quantitative estimate of drug-likeness (QED) is 0.741. The van der Waals surface area contributed by atoms with Crippen LogP contribution in [-0.4, -0.2) is 29.4 Å². The van der Waals surface area contributed by atoms with Crippen molar-refractivity contribution in [2.45, 2.75) is 58.6 Å². The number of hydrogen-bond acceptors (Lipinski definition) is 3. The summed E-state index contributed by atoms with van der Waals surface area (Å²) in [5.41, 5.74) is -0.304. The van der Waals surface area contributed by atoms with Gasteiger partial charge >= 0.3 is 6.09 Å². The molecule has 90 valence electrons. The van der Waals surface area contributed by atoms with E-state index in [1.54, 1.807) is 0 Å². The molecule has 0 spiro atoms. The molecular weight excluding hydrogens is 194 g/mol. The monoisotopic (exact) mass is 217 g/mol. The summed E-state index contributed by atoms with van der Waals surface area (Å²) < 4.78 is 5.08. The van der Waals surface area contributed by atoms with Crippen molar-refractivity contribution in [1.82, 2.24) is 5.32 Å². The average Bonchev–Trinajstić information content (AvgIpc) is 2.09. The van der Waals surface area contributed by atoms with Crippen LogP contribution >= 0.6 is 0 Å². The predicted molar refractivity (Wildman–Crippen MR) is 59.8 cm³/mol. The fourth-order valence-electron chi connectivity index (χ4n) is 1.11. The Morgan fingerprint density at radius 2 is 2.07 bits per heavy atom. The molecule has 0 fully saturated rings. The van der Waals surface area contributed by atoms with Gasteiger partial charge in [0.05, 0.1) is 6.61 Å². The summed E-state index contributed by atoms with van der Waals surface area (Å²) >= 11 is 0. The van der Waals surface area contributed by atoms with Gasteiger partial charge in [0.15, 0.2) is 0 Å². The van der Waals surface area contributed by atoms with Crippen LogP contribution in [-0.2, 0) is 4.74 Å². The van der Waals surface area contributed by atoms with Crippen LogP contribution in [0.3, 0.4) is 0 Å². The number of hydrogen-bond donors (Lipinski definition) is 2. The number of carbonyl (C=O) groups excluding carboxylic acids is 1. The Kier molecular flexibility index (Phi) is 6.32. The molecular formula is C11H23NO3. The largest absolute Gasteiger partial charge is 0.444 e. The summed E-state index contributed by atoms with van der Waals surface area (Å²) in [6.07, 6.45) is 1.85. The van der Waals surface area contributed by atoms with E-state index in [2.05, 4.69) is 12.2 Å². The van der Waals surface area contributed by atoms with Gasteiger partial charge in [0.25, 0.3) is 0 Å². The first-order chi connectivity index (χ1) is 6.89. The lowest BCUT2D eigenvalue weighted by Crippen LogP contribution is -2.42. The average molecular weight is 217 g/mol. The van der Waals surface area contributed by atoms with Gasteiger partial charge in [0, 0.05) is 5.54 Å². The molecule has 0 aliphatic carbocycles. The van der Waals surface area contributed by atoms with Crippen LogP contribution < -0.4 is 5.32 Å². The topological polar surface area (TPSA) is 58.6 Å². The van der Waals surface area contributed by atoms with Gasteiger partial charge in [0.1, 0.15) is 6.10 Å². The van der Waals surface area contributed by atoms with Crippen molar-refractivity contribution < 1.29 is 14.6 Å². The first-order valence-corrected chi connectivity index (χ1v) is 5.48. The van der Waals surface area contributed by atoms with Crippen molar-refractivity contribution in [3.05, 3.63) is 0 Å². The molecule has 4 nitrogen and oxygen atoms in total. The van der Waals surface area contributed by atoms with Crippen molar-refractivity contribution in [3.63, 3.8) is 0 Å². The van der Waals surface area contributed by atoms with Gasteiger partial charge in [-0.15, -0.1) is 0 Å². The van der Waals surface area contributed by atoms with E-state index in [4.69, 9.17) is 9.84 Å². The van der Waals surface area contributed by atoms with Gasteiger partial charge in [-0.2, -0.15) is 0 Å². The number of aliphatic hydroxyl groups excluding tert-OH is 1. The van der Waals surface area contributed by atoms with Gasteiger partial charge in [-0.05, 0) is 33.6 Å². The lowest BCUT2D eigenvalue weighted by atomic mass is 10.1. The van der Waals surface area contributed by atoms with Crippen LogP contribution in [0.1, 0.15) is 47.0 Å². The standard InChI is InChI=1S/C11H23NO3/c1-5-6-7-9(8-13)15-10(14)12-11(2,3)4/h9,13H,5-8H2,1-4H3,(H,12,14)/t9-/m1/s1. The first-order valence-electron chi connectivity index (χ1n) is 5.48. The summed E-state index contributed by atoms with van der Waals surface area (Å²) in [5.74, 6) is 0. The molecule has 2 N–H and O–H groups in total. The molecule has 0 aromatic carbocycles. The maximum atomic E-state index is 11.3. The molecule has 0 saturated carbocycles. The smallest absolute Gasteiger partial charge is 0.407 e. The highest BCUT2D eigenvalue weighted by atomic mass is 16.6. The number of nitrogens with one attached hydrogen (secondary N) is 1.